The van der Waals surface area contributed by atoms with Crippen LogP contribution >= 0.6 is 0 Å². The van der Waals surface area contributed by atoms with Crippen molar-refractivity contribution in [1.29, 1.82) is 0 Å². The normalized spacial score (nSPS) is 10.8. The van der Waals surface area contributed by atoms with E-state index in [1.165, 1.54) is 50.7 Å². The Morgan fingerprint density at radius 1 is 0.675 bits per heavy atom. The van der Waals surface area contributed by atoms with E-state index in [4.69, 9.17) is 9.47 Å². The summed E-state index contributed by atoms with van der Waals surface area (Å²) in [4.78, 5) is 26.7. The first-order chi connectivity index (χ1) is 19.0. The number of rotatable bonds is 16. The Kier molecular flexibility index (Phi) is 17.4. The van der Waals surface area contributed by atoms with Crippen molar-refractivity contribution in [2.24, 2.45) is 0 Å². The van der Waals surface area contributed by atoms with E-state index >= 15 is 0 Å². The van der Waals surface area contributed by atoms with E-state index in [0.717, 1.165) is 36.8 Å². The van der Waals surface area contributed by atoms with Crippen LogP contribution in [0.5, 0.6) is 23.0 Å². The largest absolute Gasteiger partial charge is 0.508 e. The van der Waals surface area contributed by atoms with Crippen molar-refractivity contribution in [3.63, 3.8) is 0 Å². The van der Waals surface area contributed by atoms with Crippen molar-refractivity contribution < 1.29 is 29.3 Å². The lowest BCUT2D eigenvalue weighted by Gasteiger charge is -2.13. The fourth-order valence-electron chi connectivity index (χ4n) is 3.98. The average molecular weight is 559 g/mol. The molecule has 0 aromatic heterocycles. The molecule has 2 rings (SSSR count). The molecule has 0 fully saturated rings. The van der Waals surface area contributed by atoms with Crippen LogP contribution in [-0.2, 0) is 22.4 Å². The molecule has 2 aromatic rings. The van der Waals surface area contributed by atoms with Gasteiger partial charge in [0.25, 0.3) is 0 Å². The summed E-state index contributed by atoms with van der Waals surface area (Å²) in [6, 6.07) is 10.1. The summed E-state index contributed by atoms with van der Waals surface area (Å²) in [6.07, 6.45) is 11.0. The molecule has 40 heavy (non-hydrogen) atoms. The standard InChI is InChI=1S/2C16H25NO3/c1-4-5-6-7-8-13-9-10-14(11-15(13)18)20-16(19)12-17(2)3;1-4-5-6-7-8-13-9-10-14(18)11-15(13)20-16(19)12-17(2)3/h2*9-11,18H,4-8,12H2,1-3H3. The molecular weight excluding hydrogens is 508 g/mol. The third kappa shape index (κ3) is 15.5. The van der Waals surface area contributed by atoms with Crippen LogP contribution in [0.25, 0.3) is 0 Å². The number of esters is 2. The molecule has 0 amide bonds. The molecule has 0 saturated carbocycles. The number of hydrogen-bond donors (Lipinski definition) is 2. The van der Waals surface area contributed by atoms with Crippen LogP contribution in [0.4, 0.5) is 0 Å². The molecule has 8 heteroatoms. The first-order valence-corrected chi connectivity index (χ1v) is 14.4. The summed E-state index contributed by atoms with van der Waals surface area (Å²) in [5.74, 6) is 0.562. The molecule has 0 saturated heterocycles. The van der Waals surface area contributed by atoms with Crippen molar-refractivity contribution in [3.05, 3.63) is 47.5 Å². The van der Waals surface area contributed by atoms with Gasteiger partial charge in [0.2, 0.25) is 0 Å². The molecule has 2 aromatic carbocycles. The molecule has 0 heterocycles. The van der Waals surface area contributed by atoms with Crippen molar-refractivity contribution >= 4 is 11.9 Å². The van der Waals surface area contributed by atoms with Gasteiger partial charge in [-0.05, 0) is 77.1 Å². The molecule has 2 N–H and O–H groups in total. The molecule has 0 atom stereocenters. The van der Waals surface area contributed by atoms with Gasteiger partial charge in [-0.25, -0.2) is 0 Å². The maximum atomic E-state index is 11.7. The van der Waals surface area contributed by atoms with Crippen LogP contribution in [0.15, 0.2) is 36.4 Å². The third-order valence-electron chi connectivity index (χ3n) is 6.05. The van der Waals surface area contributed by atoms with Crippen molar-refractivity contribution in [2.45, 2.75) is 78.1 Å². The number of phenolic OH excluding ortho intramolecular Hbond substituents is 2. The van der Waals surface area contributed by atoms with Gasteiger partial charge in [-0.3, -0.25) is 19.4 Å². The van der Waals surface area contributed by atoms with E-state index in [2.05, 4.69) is 13.8 Å². The maximum Gasteiger partial charge on any atom is 0.325 e. The molecule has 0 aliphatic rings. The summed E-state index contributed by atoms with van der Waals surface area (Å²) < 4.78 is 10.5. The summed E-state index contributed by atoms with van der Waals surface area (Å²) in [6.45, 7) is 4.80. The summed E-state index contributed by atoms with van der Waals surface area (Å²) in [5, 5.41) is 19.5. The highest BCUT2D eigenvalue weighted by Crippen LogP contribution is 2.27. The summed E-state index contributed by atoms with van der Waals surface area (Å²) >= 11 is 0. The molecule has 8 nitrogen and oxygen atoms in total. The Morgan fingerprint density at radius 2 is 1.20 bits per heavy atom. The average Bonchev–Trinajstić information content (AvgIpc) is 2.86. The molecular formula is C32H50N2O6. The predicted molar refractivity (Wildman–Crippen MR) is 160 cm³/mol. The topological polar surface area (TPSA) is 99.5 Å². The molecule has 0 aliphatic heterocycles. The maximum absolute atomic E-state index is 11.7. The molecule has 0 spiro atoms. The number of aromatic hydroxyl groups is 2. The SMILES string of the molecule is CCCCCCc1ccc(O)cc1OC(=O)CN(C)C.CCCCCCc1ccc(OC(=O)CN(C)C)cc1O. The number of likely N-dealkylation sites (N-methyl/N-ethyl adjacent to an activating group) is 2. The second-order valence-electron chi connectivity index (χ2n) is 10.6. The van der Waals surface area contributed by atoms with E-state index in [1.807, 2.05) is 26.2 Å². The number of hydrogen-bond acceptors (Lipinski definition) is 8. The van der Waals surface area contributed by atoms with E-state index in [0.29, 0.717) is 11.5 Å². The fraction of sp³-hybridized carbons (Fsp3) is 0.562. The quantitative estimate of drug-likeness (QED) is 0.148. The van der Waals surface area contributed by atoms with Crippen LogP contribution in [-0.4, -0.2) is 73.2 Å². The Labute approximate surface area is 240 Å². The van der Waals surface area contributed by atoms with E-state index in [1.54, 1.807) is 36.0 Å². The highest BCUT2D eigenvalue weighted by Gasteiger charge is 2.12. The van der Waals surface area contributed by atoms with Crippen LogP contribution in [0, 0.1) is 0 Å². The van der Waals surface area contributed by atoms with Gasteiger partial charge in [-0.2, -0.15) is 0 Å². The lowest BCUT2D eigenvalue weighted by Crippen LogP contribution is -2.25. The number of nitrogens with zero attached hydrogens (tertiary/aromatic N) is 2. The number of benzene rings is 2. The molecule has 0 unspecified atom stereocenters. The zero-order chi connectivity index (χ0) is 29.9. The second kappa shape index (κ2) is 19.9. The Bertz CT molecular complexity index is 1020. The highest BCUT2D eigenvalue weighted by molar-refractivity contribution is 5.75. The molecule has 0 bridgehead atoms. The smallest absolute Gasteiger partial charge is 0.325 e. The minimum absolute atomic E-state index is 0.120. The van der Waals surface area contributed by atoms with Crippen LogP contribution in [0.2, 0.25) is 0 Å². The fourth-order valence-corrected chi connectivity index (χ4v) is 3.98. The monoisotopic (exact) mass is 558 g/mol. The lowest BCUT2D eigenvalue weighted by atomic mass is 10.1. The number of carbonyl (C=O) groups is 2. The minimum Gasteiger partial charge on any atom is -0.508 e. The predicted octanol–water partition coefficient (Wildman–Crippen LogP) is 5.96. The zero-order valence-electron chi connectivity index (χ0n) is 25.4. The summed E-state index contributed by atoms with van der Waals surface area (Å²) in [5.41, 5.74) is 1.89. The molecule has 0 aliphatic carbocycles. The Hall–Kier alpha value is -3.10. The highest BCUT2D eigenvalue weighted by atomic mass is 16.5. The number of phenols is 2. The second-order valence-corrected chi connectivity index (χ2v) is 10.6. The number of carbonyl (C=O) groups excluding carboxylic acids is 2. The van der Waals surface area contributed by atoms with Gasteiger partial charge in [0.15, 0.2) is 0 Å². The summed E-state index contributed by atoms with van der Waals surface area (Å²) in [7, 11) is 7.24. The van der Waals surface area contributed by atoms with Crippen LogP contribution < -0.4 is 9.47 Å². The Morgan fingerprint density at radius 3 is 1.73 bits per heavy atom. The van der Waals surface area contributed by atoms with E-state index < -0.39 is 0 Å². The van der Waals surface area contributed by atoms with Crippen molar-refractivity contribution in [3.8, 4) is 23.0 Å². The minimum atomic E-state index is -0.329. The first kappa shape index (κ1) is 34.9. The van der Waals surface area contributed by atoms with Gasteiger partial charge >= 0.3 is 11.9 Å². The lowest BCUT2D eigenvalue weighted by molar-refractivity contribution is -0.136. The van der Waals surface area contributed by atoms with Crippen LogP contribution in [0.1, 0.15) is 76.3 Å². The van der Waals surface area contributed by atoms with Crippen molar-refractivity contribution in [2.75, 3.05) is 41.3 Å². The number of ether oxygens (including phenoxy) is 2. The van der Waals surface area contributed by atoms with Crippen molar-refractivity contribution in [1.82, 2.24) is 9.80 Å². The van der Waals surface area contributed by atoms with Crippen LogP contribution in [0.3, 0.4) is 0 Å². The first-order valence-electron chi connectivity index (χ1n) is 14.4. The van der Waals surface area contributed by atoms with Gasteiger partial charge in [0.1, 0.15) is 23.0 Å². The number of aryl methyl sites for hydroxylation is 2. The van der Waals surface area contributed by atoms with E-state index in [9.17, 15) is 19.8 Å². The zero-order valence-corrected chi connectivity index (χ0v) is 25.4. The van der Waals surface area contributed by atoms with Gasteiger partial charge in [-0.15, -0.1) is 0 Å². The Balaban J connectivity index is 0.000000400. The van der Waals surface area contributed by atoms with Gasteiger partial charge in [0.05, 0.1) is 13.1 Å². The molecule has 0 radical (unpaired) electrons. The van der Waals surface area contributed by atoms with Gasteiger partial charge in [-0.1, -0.05) is 64.5 Å². The van der Waals surface area contributed by atoms with Gasteiger partial charge in [0, 0.05) is 12.1 Å². The van der Waals surface area contributed by atoms with Gasteiger partial charge < -0.3 is 19.7 Å². The number of unbranched alkanes of at least 4 members (excludes halogenated alkanes) is 6. The van der Waals surface area contributed by atoms with E-state index in [-0.39, 0.29) is 36.5 Å². The molecule has 224 valence electrons. The third-order valence-corrected chi connectivity index (χ3v) is 6.05.